The van der Waals surface area contributed by atoms with Crippen LogP contribution in [-0.2, 0) is 18.4 Å². The Morgan fingerprint density at radius 1 is 1.21 bits per heavy atom. The van der Waals surface area contributed by atoms with Crippen LogP contribution in [0.3, 0.4) is 0 Å². The molecular formula is C26H28N2O. The number of H-pyrrole nitrogens is 1. The van der Waals surface area contributed by atoms with Crippen molar-refractivity contribution in [2.75, 3.05) is 0 Å². The lowest BCUT2D eigenvalue weighted by atomic mass is 9.63. The minimum Gasteiger partial charge on any atom is -0.326 e. The fourth-order valence-electron chi connectivity index (χ4n) is 4.84. The van der Waals surface area contributed by atoms with E-state index in [1.807, 2.05) is 18.4 Å². The van der Waals surface area contributed by atoms with Gasteiger partial charge < -0.3 is 4.98 Å². The van der Waals surface area contributed by atoms with E-state index in [1.165, 1.54) is 22.3 Å². The molecule has 0 unspecified atom stereocenters. The second-order valence-corrected chi connectivity index (χ2v) is 8.05. The van der Waals surface area contributed by atoms with E-state index >= 15 is 0 Å². The first-order valence-corrected chi connectivity index (χ1v) is 10.4. The first-order chi connectivity index (χ1) is 14.1. The maximum atomic E-state index is 11.9. The van der Waals surface area contributed by atoms with Gasteiger partial charge in [0.25, 0.3) is 0 Å². The van der Waals surface area contributed by atoms with E-state index in [0.29, 0.717) is 5.92 Å². The number of pyridine rings is 1. The number of benzene rings is 1. The summed E-state index contributed by atoms with van der Waals surface area (Å²) in [4.78, 5) is 20.1. The van der Waals surface area contributed by atoms with Crippen molar-refractivity contribution >= 4 is 12.3 Å². The Hall–Kier alpha value is -2.94. The van der Waals surface area contributed by atoms with Crippen molar-refractivity contribution in [1.29, 1.82) is 0 Å². The number of hydrogen-bond donors (Lipinski definition) is 1. The van der Waals surface area contributed by atoms with Crippen LogP contribution >= 0.6 is 0 Å². The number of nitrogens with zero attached hydrogens (tertiary/aromatic N) is 1. The highest BCUT2D eigenvalue weighted by Gasteiger charge is 2.46. The van der Waals surface area contributed by atoms with Gasteiger partial charge in [0.2, 0.25) is 5.56 Å². The molecule has 0 aliphatic heterocycles. The molecule has 0 fully saturated rings. The molecule has 1 heterocycles. The molecule has 2 aliphatic carbocycles. The highest BCUT2D eigenvalue weighted by molar-refractivity contribution is 5.79. The Labute approximate surface area is 172 Å². The summed E-state index contributed by atoms with van der Waals surface area (Å²) >= 11 is 0. The van der Waals surface area contributed by atoms with E-state index in [4.69, 9.17) is 4.99 Å². The molecule has 3 nitrogen and oxygen atoms in total. The predicted octanol–water partition coefficient (Wildman–Crippen LogP) is 5.39. The van der Waals surface area contributed by atoms with Crippen molar-refractivity contribution in [2.24, 2.45) is 10.9 Å². The van der Waals surface area contributed by atoms with E-state index in [2.05, 4.69) is 68.2 Å². The third kappa shape index (κ3) is 3.57. The summed E-state index contributed by atoms with van der Waals surface area (Å²) in [6.45, 7) is 6.45. The van der Waals surface area contributed by atoms with Gasteiger partial charge in [-0.15, -0.1) is 0 Å². The number of hydrogen-bond acceptors (Lipinski definition) is 2. The third-order valence-electron chi connectivity index (χ3n) is 6.14. The fourth-order valence-corrected chi connectivity index (χ4v) is 4.84. The van der Waals surface area contributed by atoms with Crippen LogP contribution in [0.4, 0.5) is 0 Å². The molecule has 2 atom stereocenters. The molecular weight excluding hydrogens is 356 g/mol. The smallest absolute Gasteiger partial charge is 0.248 e. The molecule has 0 saturated carbocycles. The third-order valence-corrected chi connectivity index (χ3v) is 6.14. The molecule has 4 rings (SSSR count). The van der Waals surface area contributed by atoms with Crippen molar-refractivity contribution in [2.45, 2.75) is 45.6 Å². The molecule has 148 valence electrons. The van der Waals surface area contributed by atoms with Gasteiger partial charge >= 0.3 is 0 Å². The first kappa shape index (κ1) is 19.4. The molecule has 0 amide bonds. The van der Waals surface area contributed by atoms with E-state index in [0.717, 1.165) is 30.5 Å². The Morgan fingerprint density at radius 3 is 2.72 bits per heavy atom. The van der Waals surface area contributed by atoms with Crippen LogP contribution in [-0.4, -0.2) is 11.2 Å². The number of aromatic amines is 1. The number of aliphatic imine (C=N–C) groups is 1. The molecule has 0 saturated heterocycles. The molecule has 29 heavy (non-hydrogen) atoms. The summed E-state index contributed by atoms with van der Waals surface area (Å²) in [5, 5.41) is 0. The van der Waals surface area contributed by atoms with E-state index in [1.54, 1.807) is 6.07 Å². The largest absolute Gasteiger partial charge is 0.326 e. The average Bonchev–Trinajstić information content (AvgIpc) is 2.71. The van der Waals surface area contributed by atoms with Crippen molar-refractivity contribution in [3.05, 3.63) is 98.5 Å². The van der Waals surface area contributed by atoms with Crippen LogP contribution in [0.1, 0.15) is 49.6 Å². The van der Waals surface area contributed by atoms with E-state index in [-0.39, 0.29) is 5.56 Å². The summed E-state index contributed by atoms with van der Waals surface area (Å²) in [5.41, 5.74) is 6.89. The predicted molar refractivity (Wildman–Crippen MR) is 121 cm³/mol. The molecule has 0 radical (unpaired) electrons. The van der Waals surface area contributed by atoms with Gasteiger partial charge in [0.05, 0.1) is 0 Å². The van der Waals surface area contributed by atoms with Gasteiger partial charge in [0, 0.05) is 35.9 Å². The topological polar surface area (TPSA) is 45.2 Å². The monoisotopic (exact) mass is 384 g/mol. The summed E-state index contributed by atoms with van der Waals surface area (Å²) in [5.74, 6) is 0.294. The number of rotatable bonds is 4. The number of allylic oxidation sites excluding steroid dienone is 3. The lowest BCUT2D eigenvalue weighted by Crippen LogP contribution is -2.40. The minimum absolute atomic E-state index is 0.0407. The summed E-state index contributed by atoms with van der Waals surface area (Å²) in [6, 6.07) is 12.2. The summed E-state index contributed by atoms with van der Waals surface area (Å²) in [7, 11) is 0. The average molecular weight is 385 g/mol. The Bertz CT molecular complexity index is 1080. The zero-order valence-electron chi connectivity index (χ0n) is 17.4. The van der Waals surface area contributed by atoms with Crippen LogP contribution in [0.15, 0.2) is 75.6 Å². The van der Waals surface area contributed by atoms with Crippen LogP contribution in [0.5, 0.6) is 0 Å². The molecule has 1 aromatic carbocycles. The second kappa shape index (κ2) is 7.82. The van der Waals surface area contributed by atoms with Crippen molar-refractivity contribution in [1.82, 2.24) is 4.98 Å². The fraction of sp³-hybridized carbons (Fsp3) is 0.308. The van der Waals surface area contributed by atoms with Crippen LogP contribution in [0.25, 0.3) is 6.08 Å². The SMILES string of the molecule is C/C=C1\[C@H]2C=C(C)C[C@]1(N=CC=Cc1ccc(CC)cc1)c1ccc(=O)[nH]c1C2. The maximum Gasteiger partial charge on any atom is 0.248 e. The molecule has 1 N–H and O–H groups in total. The summed E-state index contributed by atoms with van der Waals surface area (Å²) < 4.78 is 0. The second-order valence-electron chi connectivity index (χ2n) is 8.05. The van der Waals surface area contributed by atoms with E-state index < -0.39 is 5.54 Å². The molecule has 3 heteroatoms. The van der Waals surface area contributed by atoms with Crippen molar-refractivity contribution < 1.29 is 0 Å². The van der Waals surface area contributed by atoms with Gasteiger partial charge in [-0.05, 0) is 55.5 Å². The number of fused-ring (bicyclic) bond motifs is 4. The number of nitrogens with one attached hydrogen (secondary N) is 1. The molecule has 2 bridgehead atoms. The lowest BCUT2D eigenvalue weighted by molar-refractivity contribution is 0.413. The molecule has 1 aromatic heterocycles. The zero-order chi connectivity index (χ0) is 20.4. The van der Waals surface area contributed by atoms with Crippen LogP contribution in [0.2, 0.25) is 0 Å². The highest BCUT2D eigenvalue weighted by atomic mass is 16.1. The van der Waals surface area contributed by atoms with Gasteiger partial charge in [0.15, 0.2) is 0 Å². The lowest BCUT2D eigenvalue weighted by Gasteiger charge is -2.45. The Balaban J connectivity index is 1.72. The van der Waals surface area contributed by atoms with Gasteiger partial charge in [-0.3, -0.25) is 9.79 Å². The Kier molecular flexibility index (Phi) is 5.23. The van der Waals surface area contributed by atoms with Gasteiger partial charge in [-0.1, -0.05) is 55.0 Å². The normalized spacial score (nSPS) is 24.9. The van der Waals surface area contributed by atoms with Crippen molar-refractivity contribution in [3.63, 3.8) is 0 Å². The van der Waals surface area contributed by atoms with E-state index in [9.17, 15) is 4.79 Å². The molecule has 2 aromatic rings. The van der Waals surface area contributed by atoms with Gasteiger partial charge in [0.1, 0.15) is 5.54 Å². The number of aryl methyl sites for hydroxylation is 1. The quantitative estimate of drug-likeness (QED) is 0.558. The standard InChI is InChI=1S/C26H28N2O/c1-4-19-8-10-20(11-9-19)7-6-14-27-26-17-18(3)15-21(22(26)5-2)16-24-23(26)12-13-25(29)28-24/h5-15,21H,4,16-17H2,1-3H3,(H,28,29)/b7-6?,22-5+,27-14?/t21-,26+/m0/s1. The first-order valence-electron chi connectivity index (χ1n) is 10.4. The summed E-state index contributed by atoms with van der Waals surface area (Å²) in [6.07, 6.45) is 13.3. The Morgan fingerprint density at radius 2 is 2.00 bits per heavy atom. The highest BCUT2D eigenvalue weighted by Crippen LogP contribution is 2.51. The number of aromatic nitrogens is 1. The van der Waals surface area contributed by atoms with Gasteiger partial charge in [-0.2, -0.15) is 0 Å². The molecule has 2 aliphatic rings. The van der Waals surface area contributed by atoms with Crippen molar-refractivity contribution in [3.8, 4) is 0 Å². The maximum absolute atomic E-state index is 11.9. The van der Waals surface area contributed by atoms with Crippen LogP contribution < -0.4 is 5.56 Å². The molecule has 0 spiro atoms. The van der Waals surface area contributed by atoms with Crippen LogP contribution in [0, 0.1) is 5.92 Å². The van der Waals surface area contributed by atoms with Gasteiger partial charge in [-0.25, -0.2) is 0 Å². The zero-order valence-corrected chi connectivity index (χ0v) is 17.4. The minimum atomic E-state index is -0.424.